The van der Waals surface area contributed by atoms with Crippen molar-refractivity contribution in [1.29, 1.82) is 0 Å². The van der Waals surface area contributed by atoms with Gasteiger partial charge in [-0.25, -0.2) is 4.39 Å². The molecule has 2 aromatic heterocycles. The van der Waals surface area contributed by atoms with Crippen molar-refractivity contribution in [3.8, 4) is 11.3 Å². The molecule has 0 saturated heterocycles. The van der Waals surface area contributed by atoms with Crippen LogP contribution in [0.25, 0.3) is 11.3 Å². The molecule has 0 aliphatic rings. The summed E-state index contributed by atoms with van der Waals surface area (Å²) in [5.74, 6) is 0.413. The minimum atomic E-state index is -1.00. The lowest BCUT2D eigenvalue weighted by atomic mass is 10.1. The monoisotopic (exact) mass is 387 g/mol. The van der Waals surface area contributed by atoms with Crippen LogP contribution in [0.4, 0.5) is 10.2 Å². The largest absolute Gasteiger partial charge is 0.389 e. The Hall–Kier alpha value is -3.20. The van der Waals surface area contributed by atoms with Gasteiger partial charge in [-0.3, -0.25) is 9.89 Å². The van der Waals surface area contributed by atoms with Crippen molar-refractivity contribution in [1.82, 2.24) is 20.7 Å². The number of rotatable bonds is 7. The highest BCUT2D eigenvalue weighted by atomic mass is 19.1. The molecule has 0 aliphatic carbocycles. The van der Waals surface area contributed by atoms with Crippen molar-refractivity contribution in [2.75, 3.05) is 11.9 Å². The lowest BCUT2D eigenvalue weighted by Crippen LogP contribution is -2.38. The summed E-state index contributed by atoms with van der Waals surface area (Å²) in [7, 11) is 0. The summed E-state index contributed by atoms with van der Waals surface area (Å²) in [6, 6.07) is 7.57. The predicted octanol–water partition coefficient (Wildman–Crippen LogP) is 2.63. The molecule has 0 bridgehead atoms. The van der Waals surface area contributed by atoms with Gasteiger partial charge in [0.05, 0.1) is 5.60 Å². The van der Waals surface area contributed by atoms with Crippen LogP contribution in [-0.2, 0) is 6.54 Å². The third-order valence-corrected chi connectivity index (χ3v) is 4.05. The molecule has 0 aliphatic heterocycles. The van der Waals surface area contributed by atoms with Crippen LogP contribution in [0.15, 0.2) is 34.9 Å². The lowest BCUT2D eigenvalue weighted by molar-refractivity contribution is 0.0692. The van der Waals surface area contributed by atoms with Gasteiger partial charge in [0.1, 0.15) is 28.8 Å². The van der Waals surface area contributed by atoms with E-state index in [-0.39, 0.29) is 24.0 Å². The number of aliphatic hydroxyl groups is 1. The summed E-state index contributed by atoms with van der Waals surface area (Å²) < 4.78 is 18.4. The van der Waals surface area contributed by atoms with E-state index in [1.165, 1.54) is 12.1 Å². The molecule has 0 spiro atoms. The third-order valence-electron chi connectivity index (χ3n) is 4.05. The average molecular weight is 387 g/mol. The molecule has 0 unspecified atom stereocenters. The molecular weight excluding hydrogens is 365 g/mol. The minimum Gasteiger partial charge on any atom is -0.389 e. The number of hydrogen-bond acceptors (Lipinski definition) is 6. The van der Waals surface area contributed by atoms with Gasteiger partial charge in [0, 0.05) is 30.3 Å². The normalized spacial score (nSPS) is 11.5. The molecule has 0 fully saturated rings. The predicted molar refractivity (Wildman–Crippen MR) is 101 cm³/mol. The van der Waals surface area contributed by atoms with Crippen LogP contribution in [0, 0.1) is 12.7 Å². The SMILES string of the molecule is Cc1onc(-c2ccc(F)cc2)c1CNc1cc(C(=O)NCC(C)(C)O)[nH]n1. The van der Waals surface area contributed by atoms with E-state index in [1.807, 2.05) is 0 Å². The highest BCUT2D eigenvalue weighted by Gasteiger charge is 2.18. The Morgan fingerprint density at radius 2 is 2.04 bits per heavy atom. The fourth-order valence-corrected chi connectivity index (χ4v) is 2.53. The van der Waals surface area contributed by atoms with Gasteiger partial charge < -0.3 is 20.3 Å². The summed E-state index contributed by atoms with van der Waals surface area (Å²) in [5, 5.41) is 26.2. The maximum atomic E-state index is 13.2. The first-order valence-electron chi connectivity index (χ1n) is 8.74. The summed E-state index contributed by atoms with van der Waals surface area (Å²) in [6.45, 7) is 5.48. The molecule has 4 N–H and O–H groups in total. The molecule has 3 rings (SSSR count). The van der Waals surface area contributed by atoms with Gasteiger partial charge in [0.2, 0.25) is 0 Å². The van der Waals surface area contributed by atoms with Gasteiger partial charge in [-0.15, -0.1) is 0 Å². The number of benzene rings is 1. The van der Waals surface area contributed by atoms with Crippen LogP contribution in [-0.4, -0.2) is 38.5 Å². The van der Waals surface area contributed by atoms with Gasteiger partial charge in [0.15, 0.2) is 0 Å². The number of aryl methyl sites for hydroxylation is 1. The number of hydrogen-bond donors (Lipinski definition) is 4. The Morgan fingerprint density at radius 3 is 2.71 bits per heavy atom. The van der Waals surface area contributed by atoms with Crippen molar-refractivity contribution < 1.29 is 18.8 Å². The van der Waals surface area contributed by atoms with Crippen LogP contribution in [0.5, 0.6) is 0 Å². The topological polar surface area (TPSA) is 116 Å². The van der Waals surface area contributed by atoms with Crippen molar-refractivity contribution in [3.63, 3.8) is 0 Å². The highest BCUT2D eigenvalue weighted by Crippen LogP contribution is 2.26. The minimum absolute atomic E-state index is 0.120. The number of carbonyl (C=O) groups is 1. The van der Waals surface area contributed by atoms with Crippen molar-refractivity contribution in [3.05, 3.63) is 53.2 Å². The van der Waals surface area contributed by atoms with Gasteiger partial charge >= 0.3 is 0 Å². The lowest BCUT2D eigenvalue weighted by Gasteiger charge is -2.16. The molecule has 0 radical (unpaired) electrons. The Balaban J connectivity index is 1.67. The van der Waals surface area contributed by atoms with Crippen molar-refractivity contribution in [2.24, 2.45) is 0 Å². The van der Waals surface area contributed by atoms with Gasteiger partial charge in [-0.1, -0.05) is 5.16 Å². The molecule has 28 heavy (non-hydrogen) atoms. The quantitative estimate of drug-likeness (QED) is 0.495. The number of H-pyrrole nitrogens is 1. The molecule has 3 aromatic rings. The maximum Gasteiger partial charge on any atom is 0.269 e. The number of nitrogens with zero attached hydrogens (tertiary/aromatic N) is 2. The number of carbonyl (C=O) groups excluding carboxylic acids is 1. The molecule has 9 heteroatoms. The Kier molecular flexibility index (Phi) is 5.46. The van der Waals surface area contributed by atoms with Gasteiger partial charge in [-0.05, 0) is 45.0 Å². The van der Waals surface area contributed by atoms with E-state index in [1.54, 1.807) is 39.0 Å². The van der Waals surface area contributed by atoms with E-state index in [9.17, 15) is 14.3 Å². The van der Waals surface area contributed by atoms with E-state index in [0.717, 1.165) is 11.1 Å². The number of amides is 1. The molecule has 8 nitrogen and oxygen atoms in total. The molecule has 0 saturated carbocycles. The van der Waals surface area contributed by atoms with Crippen molar-refractivity contribution in [2.45, 2.75) is 32.9 Å². The fraction of sp³-hybridized carbons (Fsp3) is 0.316. The average Bonchev–Trinajstić information content (AvgIpc) is 3.25. The van der Waals surface area contributed by atoms with E-state index >= 15 is 0 Å². The highest BCUT2D eigenvalue weighted by molar-refractivity contribution is 5.93. The van der Waals surface area contributed by atoms with E-state index in [2.05, 4.69) is 26.0 Å². The zero-order valence-corrected chi connectivity index (χ0v) is 15.8. The second-order valence-electron chi connectivity index (χ2n) is 7.09. The summed E-state index contributed by atoms with van der Waals surface area (Å²) in [4.78, 5) is 12.1. The van der Waals surface area contributed by atoms with Crippen LogP contribution in [0.2, 0.25) is 0 Å². The van der Waals surface area contributed by atoms with Crippen molar-refractivity contribution >= 4 is 11.7 Å². The number of aromatic amines is 1. The number of halogens is 1. The third kappa shape index (κ3) is 4.74. The van der Waals surface area contributed by atoms with Crippen LogP contribution < -0.4 is 10.6 Å². The molecule has 0 atom stereocenters. The first-order valence-corrected chi connectivity index (χ1v) is 8.74. The summed E-state index contributed by atoms with van der Waals surface area (Å²) in [5.41, 5.74) is 1.43. The zero-order chi connectivity index (χ0) is 20.3. The van der Waals surface area contributed by atoms with E-state index < -0.39 is 5.60 Å². The number of anilines is 1. The van der Waals surface area contributed by atoms with Gasteiger partial charge in [0.25, 0.3) is 5.91 Å². The molecule has 1 amide bonds. The smallest absolute Gasteiger partial charge is 0.269 e. The molecular formula is C19H22FN5O3. The van der Waals surface area contributed by atoms with Crippen LogP contribution >= 0.6 is 0 Å². The van der Waals surface area contributed by atoms with E-state index in [4.69, 9.17) is 4.52 Å². The van der Waals surface area contributed by atoms with E-state index in [0.29, 0.717) is 23.8 Å². The number of nitrogens with one attached hydrogen (secondary N) is 3. The maximum absolute atomic E-state index is 13.2. The Morgan fingerprint density at radius 1 is 1.32 bits per heavy atom. The van der Waals surface area contributed by atoms with Gasteiger partial charge in [-0.2, -0.15) is 5.10 Å². The Bertz CT molecular complexity index is 957. The fourth-order valence-electron chi connectivity index (χ4n) is 2.53. The molecule has 1 aromatic carbocycles. The first-order chi connectivity index (χ1) is 13.2. The molecule has 148 valence electrons. The zero-order valence-electron chi connectivity index (χ0n) is 15.8. The second-order valence-corrected chi connectivity index (χ2v) is 7.09. The first kappa shape index (κ1) is 19.6. The van der Waals surface area contributed by atoms with Crippen LogP contribution in [0.3, 0.4) is 0 Å². The summed E-state index contributed by atoms with van der Waals surface area (Å²) >= 11 is 0. The second kappa shape index (κ2) is 7.81. The molecule has 2 heterocycles. The number of aromatic nitrogens is 3. The Labute approximate surface area is 161 Å². The summed E-state index contributed by atoms with van der Waals surface area (Å²) in [6.07, 6.45) is 0. The van der Waals surface area contributed by atoms with Crippen LogP contribution in [0.1, 0.15) is 35.7 Å². The standard InChI is InChI=1S/C19H22FN5O3/c1-11-14(17(25-28-11)12-4-6-13(20)7-5-12)9-21-16-8-15(23-24-16)18(26)22-10-19(2,3)27/h4-8,27H,9-10H2,1-3H3,(H,22,26)(H2,21,23,24).